The summed E-state index contributed by atoms with van der Waals surface area (Å²) in [6.07, 6.45) is 1.22. The lowest BCUT2D eigenvalue weighted by atomic mass is 9.85. The van der Waals surface area contributed by atoms with Crippen LogP contribution < -0.4 is 5.32 Å². The van der Waals surface area contributed by atoms with E-state index in [1.165, 1.54) is 13.0 Å². The van der Waals surface area contributed by atoms with Gasteiger partial charge in [0, 0.05) is 24.2 Å². The minimum absolute atomic E-state index is 0.120. The Labute approximate surface area is 138 Å². The molecule has 1 N–H and O–H groups in total. The number of ether oxygens (including phenoxy) is 1. The summed E-state index contributed by atoms with van der Waals surface area (Å²) in [5.74, 6) is 0.588. The van der Waals surface area contributed by atoms with Gasteiger partial charge >= 0.3 is 0 Å². The van der Waals surface area contributed by atoms with E-state index in [0.29, 0.717) is 18.0 Å². The van der Waals surface area contributed by atoms with Crippen LogP contribution in [-0.2, 0) is 4.74 Å². The summed E-state index contributed by atoms with van der Waals surface area (Å²) in [4.78, 5) is 17.2. The molecule has 4 atom stereocenters. The van der Waals surface area contributed by atoms with E-state index >= 15 is 0 Å². The highest BCUT2D eigenvalue weighted by atomic mass is 32.1. The Balaban J connectivity index is 1.35. The summed E-state index contributed by atoms with van der Waals surface area (Å²) < 4.78 is 6.28. The first kappa shape index (κ1) is 13.7. The third-order valence-corrected chi connectivity index (χ3v) is 6.31. The summed E-state index contributed by atoms with van der Waals surface area (Å²) in [5.41, 5.74) is 1.80. The van der Waals surface area contributed by atoms with Gasteiger partial charge in [-0.2, -0.15) is 0 Å². The van der Waals surface area contributed by atoms with E-state index in [9.17, 15) is 0 Å². The lowest BCUT2D eigenvalue weighted by molar-refractivity contribution is 0.0355. The van der Waals surface area contributed by atoms with Crippen molar-refractivity contribution in [2.24, 2.45) is 10.9 Å². The summed E-state index contributed by atoms with van der Waals surface area (Å²) in [5, 5.41) is 4.05. The van der Waals surface area contributed by atoms with Crippen molar-refractivity contribution in [3.63, 3.8) is 0 Å². The zero-order valence-corrected chi connectivity index (χ0v) is 14.1. The lowest BCUT2D eigenvalue weighted by Crippen LogP contribution is -2.46. The highest BCUT2D eigenvalue weighted by Gasteiger charge is 2.58. The Morgan fingerprint density at radius 3 is 3.09 bits per heavy atom. The fourth-order valence-electron chi connectivity index (χ4n) is 4.25. The van der Waals surface area contributed by atoms with Crippen molar-refractivity contribution in [1.29, 1.82) is 0 Å². The van der Waals surface area contributed by atoms with E-state index in [0.717, 1.165) is 34.3 Å². The second-order valence-corrected chi connectivity index (χ2v) is 7.79. The molecule has 2 aromatic heterocycles. The van der Waals surface area contributed by atoms with Crippen LogP contribution >= 0.6 is 11.3 Å². The van der Waals surface area contributed by atoms with Gasteiger partial charge in [-0.15, -0.1) is 0 Å². The zero-order chi connectivity index (χ0) is 15.6. The average molecular weight is 329 g/mol. The molecule has 120 valence electrons. The monoisotopic (exact) mass is 329 g/mol. The van der Waals surface area contributed by atoms with Crippen molar-refractivity contribution < 1.29 is 4.74 Å². The van der Waals surface area contributed by atoms with Gasteiger partial charge in [-0.25, -0.2) is 15.0 Å². The van der Waals surface area contributed by atoms with Crippen molar-refractivity contribution in [2.75, 3.05) is 25.0 Å². The molecule has 0 aromatic carbocycles. The first-order valence-electron chi connectivity index (χ1n) is 8.12. The molecule has 2 bridgehead atoms. The van der Waals surface area contributed by atoms with Crippen LogP contribution in [0.5, 0.6) is 0 Å². The quantitative estimate of drug-likeness (QED) is 0.869. The molecule has 5 rings (SSSR count). The minimum atomic E-state index is -0.120. The maximum Gasteiger partial charge on any atom is 0.291 e. The standard InChI is InChI=1S/C16H19N5OS/c1-9-3-4-12-13(18-9)23-15(19-12)20-14-17-7-16(22-14)8-21-6-5-11(16)10(21)2/h3-4,10-11H,5-8H2,1-2H3,(H,17,19,20)/t10-,11-,16+/m1/s1. The van der Waals surface area contributed by atoms with Crippen LogP contribution in [0.3, 0.4) is 0 Å². The number of nitrogens with zero attached hydrogens (tertiary/aromatic N) is 4. The summed E-state index contributed by atoms with van der Waals surface area (Å²) >= 11 is 1.54. The van der Waals surface area contributed by atoms with Crippen molar-refractivity contribution in [3.8, 4) is 0 Å². The molecule has 5 heterocycles. The maximum atomic E-state index is 6.28. The van der Waals surface area contributed by atoms with Crippen molar-refractivity contribution in [3.05, 3.63) is 17.8 Å². The zero-order valence-electron chi connectivity index (χ0n) is 13.2. The first-order valence-corrected chi connectivity index (χ1v) is 8.93. The molecule has 0 aliphatic carbocycles. The number of pyridine rings is 1. The van der Waals surface area contributed by atoms with Crippen LogP contribution in [0.1, 0.15) is 19.0 Å². The van der Waals surface area contributed by atoms with Crippen LogP contribution in [-0.4, -0.2) is 52.2 Å². The van der Waals surface area contributed by atoms with Crippen LogP contribution in [0.15, 0.2) is 17.1 Å². The number of aryl methyl sites for hydroxylation is 1. The molecule has 0 saturated carbocycles. The molecule has 2 aromatic rings. The SMILES string of the molecule is Cc1ccc2nc(NC3=NC[C@@]4(CN5CC[C@@H]4[C@H]5C)O3)sc2n1. The summed E-state index contributed by atoms with van der Waals surface area (Å²) in [6, 6.07) is 5.21. The molecule has 6 nitrogen and oxygen atoms in total. The molecule has 0 amide bonds. The molecule has 1 unspecified atom stereocenters. The Kier molecular flexibility index (Phi) is 2.76. The van der Waals surface area contributed by atoms with E-state index in [2.05, 4.69) is 32.1 Å². The number of amidine groups is 1. The second kappa shape index (κ2) is 4.64. The molecule has 0 radical (unpaired) electrons. The highest BCUT2D eigenvalue weighted by Crippen LogP contribution is 2.45. The molecular formula is C16H19N5OS. The predicted octanol–water partition coefficient (Wildman–Crippen LogP) is 2.26. The van der Waals surface area contributed by atoms with Gasteiger partial charge in [-0.3, -0.25) is 10.2 Å². The molecule has 2 fully saturated rings. The number of hydrogen-bond donors (Lipinski definition) is 1. The van der Waals surface area contributed by atoms with Gasteiger partial charge in [0.05, 0.1) is 6.54 Å². The largest absolute Gasteiger partial charge is 0.455 e. The third-order valence-electron chi connectivity index (χ3n) is 5.43. The molecule has 3 aliphatic heterocycles. The number of nitrogens with one attached hydrogen (secondary N) is 1. The van der Waals surface area contributed by atoms with Crippen LogP contribution in [0.25, 0.3) is 10.3 Å². The van der Waals surface area contributed by atoms with E-state index in [4.69, 9.17) is 4.74 Å². The molecule has 2 saturated heterocycles. The normalized spacial score (nSPS) is 35.0. The number of piperidine rings is 1. The second-order valence-electron chi connectivity index (χ2n) is 6.82. The number of aromatic nitrogens is 2. The Hall–Kier alpha value is -1.73. The first-order chi connectivity index (χ1) is 11.1. The molecule has 3 aliphatic rings. The molecule has 1 spiro atoms. The van der Waals surface area contributed by atoms with E-state index in [1.807, 2.05) is 19.1 Å². The van der Waals surface area contributed by atoms with Gasteiger partial charge in [-0.05, 0) is 38.9 Å². The highest BCUT2D eigenvalue weighted by molar-refractivity contribution is 7.21. The van der Waals surface area contributed by atoms with Crippen molar-refractivity contribution >= 4 is 32.8 Å². The number of fused-ring (bicyclic) bond motifs is 4. The summed E-state index contributed by atoms with van der Waals surface area (Å²) in [6.45, 7) is 7.24. The fraction of sp³-hybridized carbons (Fsp3) is 0.562. The number of rotatable bonds is 1. The number of hydrogen-bond acceptors (Lipinski definition) is 7. The smallest absolute Gasteiger partial charge is 0.291 e. The number of anilines is 1. The Morgan fingerprint density at radius 1 is 1.39 bits per heavy atom. The van der Waals surface area contributed by atoms with Crippen molar-refractivity contribution in [1.82, 2.24) is 14.9 Å². The maximum absolute atomic E-state index is 6.28. The molecule has 23 heavy (non-hydrogen) atoms. The Morgan fingerprint density at radius 2 is 2.30 bits per heavy atom. The predicted molar refractivity (Wildman–Crippen MR) is 91.0 cm³/mol. The molecule has 7 heteroatoms. The lowest BCUT2D eigenvalue weighted by Gasteiger charge is -2.32. The minimum Gasteiger partial charge on any atom is -0.455 e. The van der Waals surface area contributed by atoms with Crippen LogP contribution in [0.4, 0.5) is 5.13 Å². The Bertz CT molecular complexity index is 818. The van der Waals surface area contributed by atoms with Crippen LogP contribution in [0.2, 0.25) is 0 Å². The van der Waals surface area contributed by atoms with Gasteiger partial charge < -0.3 is 4.74 Å². The van der Waals surface area contributed by atoms with Gasteiger partial charge in [0.1, 0.15) is 15.9 Å². The van der Waals surface area contributed by atoms with Gasteiger partial charge in [0.2, 0.25) is 0 Å². The number of aliphatic imine (C=N–C) groups is 1. The molecular weight excluding hydrogens is 310 g/mol. The summed E-state index contributed by atoms with van der Waals surface area (Å²) in [7, 11) is 0. The number of thiazole rings is 1. The van der Waals surface area contributed by atoms with Crippen LogP contribution in [0, 0.1) is 12.8 Å². The topological polar surface area (TPSA) is 62.6 Å². The van der Waals surface area contributed by atoms with Gasteiger partial charge in [-0.1, -0.05) is 11.3 Å². The van der Waals surface area contributed by atoms with E-state index in [-0.39, 0.29) is 5.60 Å². The van der Waals surface area contributed by atoms with E-state index < -0.39 is 0 Å². The van der Waals surface area contributed by atoms with Gasteiger partial charge in [0.25, 0.3) is 6.02 Å². The van der Waals surface area contributed by atoms with Gasteiger partial charge in [0.15, 0.2) is 5.13 Å². The van der Waals surface area contributed by atoms with Crippen molar-refractivity contribution in [2.45, 2.75) is 31.9 Å². The fourth-order valence-corrected chi connectivity index (χ4v) is 5.12. The average Bonchev–Trinajstić information content (AvgIpc) is 3.24. The van der Waals surface area contributed by atoms with E-state index in [1.54, 1.807) is 11.3 Å². The third kappa shape index (κ3) is 1.99.